The van der Waals surface area contributed by atoms with Gasteiger partial charge in [0.05, 0.1) is 12.0 Å². The highest BCUT2D eigenvalue weighted by atomic mass is 32.2. The molecule has 1 aliphatic rings. The van der Waals surface area contributed by atoms with E-state index in [1.54, 1.807) is 30.1 Å². The Bertz CT molecular complexity index is 1130. The molecule has 2 amide bonds. The summed E-state index contributed by atoms with van der Waals surface area (Å²) >= 11 is 1.61. The Morgan fingerprint density at radius 2 is 1.76 bits per heavy atom. The Morgan fingerprint density at radius 3 is 2.42 bits per heavy atom. The van der Waals surface area contributed by atoms with Crippen molar-refractivity contribution in [3.05, 3.63) is 107 Å². The van der Waals surface area contributed by atoms with Gasteiger partial charge in [0, 0.05) is 12.1 Å². The third-order valence-electron chi connectivity index (χ3n) is 5.60. The largest absolute Gasteiger partial charge is 0.322 e. The molecule has 0 radical (unpaired) electrons. The molecule has 1 heterocycles. The van der Waals surface area contributed by atoms with Crippen LogP contribution in [0, 0.1) is 0 Å². The molecular formula is C27H27N3O2S. The van der Waals surface area contributed by atoms with Crippen LogP contribution in [0.25, 0.3) is 0 Å². The van der Waals surface area contributed by atoms with E-state index in [4.69, 9.17) is 0 Å². The van der Waals surface area contributed by atoms with Gasteiger partial charge in [0.25, 0.3) is 5.91 Å². The quantitative estimate of drug-likeness (QED) is 0.384. The Hall–Kier alpha value is -3.38. The van der Waals surface area contributed by atoms with Crippen molar-refractivity contribution in [3.63, 3.8) is 0 Å². The number of benzene rings is 3. The molecule has 0 spiro atoms. The summed E-state index contributed by atoms with van der Waals surface area (Å²) in [6.45, 7) is 4.88. The molecule has 1 N–H and O–H groups in total. The van der Waals surface area contributed by atoms with E-state index in [-0.39, 0.29) is 17.2 Å². The van der Waals surface area contributed by atoms with Gasteiger partial charge in [0.15, 0.2) is 0 Å². The number of carbonyl (C=O) groups is 2. The number of nitrogens with one attached hydrogen (secondary N) is 1. The van der Waals surface area contributed by atoms with Crippen molar-refractivity contribution in [2.45, 2.75) is 31.7 Å². The summed E-state index contributed by atoms with van der Waals surface area (Å²) in [5.41, 5.74) is 7.41. The van der Waals surface area contributed by atoms with Crippen LogP contribution >= 0.6 is 11.8 Å². The summed E-state index contributed by atoms with van der Waals surface area (Å²) in [5.74, 6) is 0.802. The van der Waals surface area contributed by atoms with Crippen molar-refractivity contribution in [1.82, 2.24) is 10.3 Å². The second-order valence-electron chi connectivity index (χ2n) is 8.31. The molecule has 6 heteroatoms. The molecule has 33 heavy (non-hydrogen) atoms. The first-order valence-electron chi connectivity index (χ1n) is 11.0. The summed E-state index contributed by atoms with van der Waals surface area (Å²) in [6, 6.07) is 25.5. The standard InChI is InChI=1S/C27H27N3O2S/c1-19(2)22-10-8-20(9-11-22)16-28-29-26(32)23-12-14-24(15-13-23)27-30(25(31)18-33-27)17-21-6-4-3-5-7-21/h3-16,19,27H,17-18H2,1-2H3,(H,29,32)/b28-16-/t27-/m1/s1. The zero-order valence-corrected chi connectivity index (χ0v) is 19.6. The minimum atomic E-state index is -0.270. The average molecular weight is 458 g/mol. The van der Waals surface area contributed by atoms with Crippen molar-refractivity contribution >= 4 is 29.8 Å². The third-order valence-corrected chi connectivity index (χ3v) is 6.86. The van der Waals surface area contributed by atoms with E-state index in [2.05, 4.69) is 36.5 Å². The zero-order valence-electron chi connectivity index (χ0n) is 18.8. The van der Waals surface area contributed by atoms with E-state index in [1.807, 2.05) is 59.5 Å². The monoisotopic (exact) mass is 457 g/mol. The molecule has 1 saturated heterocycles. The van der Waals surface area contributed by atoms with Crippen molar-refractivity contribution in [2.24, 2.45) is 5.10 Å². The Labute approximate surface area is 198 Å². The predicted octanol–water partition coefficient (Wildman–Crippen LogP) is 5.35. The smallest absolute Gasteiger partial charge is 0.271 e. The second kappa shape index (κ2) is 10.5. The molecule has 0 saturated carbocycles. The van der Waals surface area contributed by atoms with Crippen LogP contribution in [-0.4, -0.2) is 28.7 Å². The van der Waals surface area contributed by atoms with Gasteiger partial charge in [-0.05, 0) is 40.3 Å². The number of carbonyl (C=O) groups excluding carboxylic acids is 2. The molecule has 0 unspecified atom stereocenters. The molecule has 0 bridgehead atoms. The SMILES string of the molecule is CC(C)c1ccc(/C=N\NC(=O)c2ccc([C@H]3SCC(=O)N3Cc3ccccc3)cc2)cc1. The molecule has 1 fully saturated rings. The number of hydrogen-bond donors (Lipinski definition) is 1. The van der Waals surface area contributed by atoms with Crippen LogP contribution in [-0.2, 0) is 11.3 Å². The number of hydrogen-bond acceptors (Lipinski definition) is 4. The molecule has 0 aliphatic carbocycles. The summed E-state index contributed by atoms with van der Waals surface area (Å²) in [6.07, 6.45) is 1.64. The van der Waals surface area contributed by atoms with Crippen LogP contribution in [0.2, 0.25) is 0 Å². The maximum Gasteiger partial charge on any atom is 0.271 e. The van der Waals surface area contributed by atoms with Crippen molar-refractivity contribution in [1.29, 1.82) is 0 Å². The highest BCUT2D eigenvalue weighted by Gasteiger charge is 2.32. The van der Waals surface area contributed by atoms with Crippen LogP contribution in [0.3, 0.4) is 0 Å². The summed E-state index contributed by atoms with van der Waals surface area (Å²) < 4.78 is 0. The first kappa shape index (κ1) is 22.8. The number of nitrogens with zero attached hydrogens (tertiary/aromatic N) is 2. The van der Waals surface area contributed by atoms with Crippen LogP contribution in [0.1, 0.15) is 57.8 Å². The van der Waals surface area contributed by atoms with Crippen molar-refractivity contribution in [2.75, 3.05) is 5.75 Å². The maximum atomic E-state index is 12.5. The molecular weight excluding hydrogens is 430 g/mol. The molecule has 1 atom stereocenters. The lowest BCUT2D eigenvalue weighted by molar-refractivity contribution is -0.128. The fourth-order valence-electron chi connectivity index (χ4n) is 3.68. The fraction of sp³-hybridized carbons (Fsp3) is 0.222. The van der Waals surface area contributed by atoms with Gasteiger partial charge in [0.2, 0.25) is 5.91 Å². The highest BCUT2D eigenvalue weighted by molar-refractivity contribution is 8.00. The van der Waals surface area contributed by atoms with Gasteiger partial charge >= 0.3 is 0 Å². The number of hydrazone groups is 1. The van der Waals surface area contributed by atoms with Gasteiger partial charge in [-0.25, -0.2) is 5.43 Å². The maximum absolute atomic E-state index is 12.5. The number of amides is 2. The topological polar surface area (TPSA) is 61.8 Å². The number of thioether (sulfide) groups is 1. The van der Waals surface area contributed by atoms with Gasteiger partial charge in [-0.2, -0.15) is 5.10 Å². The van der Waals surface area contributed by atoms with E-state index < -0.39 is 0 Å². The van der Waals surface area contributed by atoms with Crippen LogP contribution < -0.4 is 5.43 Å². The van der Waals surface area contributed by atoms with E-state index in [0.717, 1.165) is 16.7 Å². The van der Waals surface area contributed by atoms with E-state index in [1.165, 1.54) is 5.56 Å². The normalized spacial score (nSPS) is 16.0. The molecule has 4 rings (SSSR count). The van der Waals surface area contributed by atoms with Crippen LogP contribution in [0.15, 0.2) is 84.0 Å². The van der Waals surface area contributed by atoms with Gasteiger partial charge < -0.3 is 4.90 Å². The minimum absolute atomic E-state index is 0.0540. The predicted molar refractivity (Wildman–Crippen MR) is 134 cm³/mol. The lowest BCUT2D eigenvalue weighted by atomic mass is 10.0. The van der Waals surface area contributed by atoms with E-state index in [0.29, 0.717) is 23.8 Å². The van der Waals surface area contributed by atoms with Gasteiger partial charge in [-0.3, -0.25) is 9.59 Å². The van der Waals surface area contributed by atoms with E-state index >= 15 is 0 Å². The molecule has 1 aliphatic heterocycles. The lowest BCUT2D eigenvalue weighted by Crippen LogP contribution is -2.27. The summed E-state index contributed by atoms with van der Waals surface area (Å²) in [5, 5.41) is 4.03. The third kappa shape index (κ3) is 5.71. The highest BCUT2D eigenvalue weighted by Crippen LogP contribution is 2.39. The van der Waals surface area contributed by atoms with Gasteiger partial charge in [-0.1, -0.05) is 80.6 Å². The van der Waals surface area contributed by atoms with Crippen molar-refractivity contribution in [3.8, 4) is 0 Å². The first-order chi connectivity index (χ1) is 16.0. The zero-order chi connectivity index (χ0) is 23.2. The molecule has 168 valence electrons. The number of rotatable bonds is 7. The first-order valence-corrected chi connectivity index (χ1v) is 12.0. The van der Waals surface area contributed by atoms with Crippen LogP contribution in [0.5, 0.6) is 0 Å². The second-order valence-corrected chi connectivity index (χ2v) is 9.38. The average Bonchev–Trinajstić information content (AvgIpc) is 3.20. The molecule has 0 aromatic heterocycles. The fourth-order valence-corrected chi connectivity index (χ4v) is 4.87. The van der Waals surface area contributed by atoms with Gasteiger partial charge in [0.1, 0.15) is 5.37 Å². The van der Waals surface area contributed by atoms with Crippen molar-refractivity contribution < 1.29 is 9.59 Å². The summed E-state index contributed by atoms with van der Waals surface area (Å²) in [7, 11) is 0. The Morgan fingerprint density at radius 1 is 1.06 bits per heavy atom. The molecule has 5 nitrogen and oxygen atoms in total. The van der Waals surface area contributed by atoms with E-state index in [9.17, 15) is 9.59 Å². The van der Waals surface area contributed by atoms with Gasteiger partial charge in [-0.15, -0.1) is 11.8 Å². The lowest BCUT2D eigenvalue weighted by Gasteiger charge is -2.24. The minimum Gasteiger partial charge on any atom is -0.322 e. The molecule has 3 aromatic rings. The summed E-state index contributed by atoms with van der Waals surface area (Å²) in [4.78, 5) is 26.8. The van der Waals surface area contributed by atoms with Crippen LogP contribution in [0.4, 0.5) is 0 Å². The molecule has 3 aromatic carbocycles. The Balaban J connectivity index is 1.38. The Kier molecular flexibility index (Phi) is 7.25.